The molecule has 0 saturated heterocycles. The molecular weight excluding hydrogens is 373 g/mol. The first-order valence-electron chi connectivity index (χ1n) is 9.14. The number of aryl methyl sites for hydroxylation is 1. The summed E-state index contributed by atoms with van der Waals surface area (Å²) in [5.41, 5.74) is 2.27. The van der Waals surface area contributed by atoms with E-state index in [1.807, 2.05) is 31.2 Å². The van der Waals surface area contributed by atoms with Crippen molar-refractivity contribution in [2.75, 3.05) is 0 Å². The van der Waals surface area contributed by atoms with Crippen molar-refractivity contribution in [2.24, 2.45) is 0 Å². The molecule has 146 valence electrons. The second kappa shape index (κ2) is 8.05. The highest BCUT2D eigenvalue weighted by molar-refractivity contribution is 5.92. The Bertz CT molecular complexity index is 1130. The summed E-state index contributed by atoms with van der Waals surface area (Å²) in [7, 11) is 0. The van der Waals surface area contributed by atoms with Crippen molar-refractivity contribution in [2.45, 2.75) is 19.9 Å². The fraction of sp³-hybridized carbons (Fsp3) is 0.143. The number of aromatic nitrogens is 4. The summed E-state index contributed by atoms with van der Waals surface area (Å²) < 4.78 is 20.4. The monoisotopic (exact) mass is 391 g/mol. The van der Waals surface area contributed by atoms with E-state index in [9.17, 15) is 9.18 Å². The lowest BCUT2D eigenvalue weighted by molar-refractivity contribution is 0.0945. The molecule has 0 spiro atoms. The molecule has 4 rings (SSSR count). The summed E-state index contributed by atoms with van der Waals surface area (Å²) in [6.07, 6.45) is 2.37. The van der Waals surface area contributed by atoms with Gasteiger partial charge in [-0.2, -0.15) is 10.1 Å². The molecule has 0 unspecified atom stereocenters. The maximum atomic E-state index is 13.7. The minimum absolute atomic E-state index is 0.0948. The molecule has 1 amide bonds. The van der Waals surface area contributed by atoms with Crippen molar-refractivity contribution < 1.29 is 13.7 Å². The zero-order valence-electron chi connectivity index (χ0n) is 15.7. The van der Waals surface area contributed by atoms with Crippen molar-refractivity contribution in [3.8, 4) is 17.1 Å². The molecule has 0 aliphatic carbocycles. The Morgan fingerprint density at radius 3 is 2.66 bits per heavy atom. The predicted molar refractivity (Wildman–Crippen MR) is 104 cm³/mol. The third-order valence-corrected chi connectivity index (χ3v) is 4.38. The van der Waals surface area contributed by atoms with E-state index < -0.39 is 0 Å². The second-order valence-electron chi connectivity index (χ2n) is 6.33. The smallest absolute Gasteiger partial charge is 0.272 e. The van der Waals surface area contributed by atoms with Crippen LogP contribution in [0.5, 0.6) is 0 Å². The van der Waals surface area contributed by atoms with Gasteiger partial charge in [-0.3, -0.25) is 4.79 Å². The molecular formula is C21H18FN5O2. The van der Waals surface area contributed by atoms with E-state index in [-0.39, 0.29) is 24.0 Å². The zero-order chi connectivity index (χ0) is 20.2. The molecule has 2 aromatic carbocycles. The van der Waals surface area contributed by atoms with E-state index in [0.717, 1.165) is 11.3 Å². The van der Waals surface area contributed by atoms with Crippen LogP contribution in [0.1, 0.15) is 28.9 Å². The first-order valence-corrected chi connectivity index (χ1v) is 9.14. The first kappa shape index (κ1) is 18.5. The Hall–Kier alpha value is -3.81. The molecule has 4 aromatic rings. The van der Waals surface area contributed by atoms with Gasteiger partial charge in [0.1, 0.15) is 5.82 Å². The lowest BCUT2D eigenvalue weighted by atomic mass is 10.2. The number of benzene rings is 2. The summed E-state index contributed by atoms with van der Waals surface area (Å²) in [4.78, 5) is 16.6. The van der Waals surface area contributed by atoms with Gasteiger partial charge in [0.25, 0.3) is 5.91 Å². The largest absolute Gasteiger partial charge is 0.346 e. The number of nitrogens with zero attached hydrogens (tertiary/aromatic N) is 4. The molecule has 0 aliphatic heterocycles. The maximum Gasteiger partial charge on any atom is 0.272 e. The molecule has 29 heavy (non-hydrogen) atoms. The van der Waals surface area contributed by atoms with Crippen LogP contribution in [0.3, 0.4) is 0 Å². The van der Waals surface area contributed by atoms with Gasteiger partial charge in [-0.1, -0.05) is 30.3 Å². The van der Waals surface area contributed by atoms with Crippen LogP contribution in [0.4, 0.5) is 4.39 Å². The van der Waals surface area contributed by atoms with Crippen LogP contribution in [0, 0.1) is 5.82 Å². The third-order valence-electron chi connectivity index (χ3n) is 4.38. The van der Waals surface area contributed by atoms with Gasteiger partial charge in [-0.25, -0.2) is 9.07 Å². The predicted octanol–water partition coefficient (Wildman–Crippen LogP) is 3.55. The highest BCUT2D eigenvalue weighted by Crippen LogP contribution is 2.18. The maximum absolute atomic E-state index is 13.7. The van der Waals surface area contributed by atoms with E-state index >= 15 is 0 Å². The molecule has 0 saturated carbocycles. The van der Waals surface area contributed by atoms with Crippen LogP contribution in [0.2, 0.25) is 0 Å². The van der Waals surface area contributed by atoms with E-state index in [2.05, 4.69) is 20.6 Å². The van der Waals surface area contributed by atoms with E-state index in [0.29, 0.717) is 23.7 Å². The minimum atomic E-state index is -0.373. The zero-order valence-corrected chi connectivity index (χ0v) is 15.7. The molecule has 0 fully saturated rings. The topological polar surface area (TPSA) is 85.8 Å². The quantitative estimate of drug-likeness (QED) is 0.543. The number of rotatable bonds is 6. The minimum Gasteiger partial charge on any atom is -0.346 e. The Kier molecular flexibility index (Phi) is 5.15. The van der Waals surface area contributed by atoms with Crippen molar-refractivity contribution in [1.82, 2.24) is 25.2 Å². The van der Waals surface area contributed by atoms with Gasteiger partial charge < -0.3 is 9.84 Å². The Morgan fingerprint density at radius 1 is 1.14 bits per heavy atom. The fourth-order valence-electron chi connectivity index (χ4n) is 2.78. The molecule has 0 aliphatic rings. The van der Waals surface area contributed by atoms with Gasteiger partial charge in [0, 0.05) is 30.3 Å². The summed E-state index contributed by atoms with van der Waals surface area (Å²) in [5, 5.41) is 10.9. The van der Waals surface area contributed by atoms with Crippen molar-refractivity contribution in [3.05, 3.63) is 83.8 Å². The number of hydrogen-bond acceptors (Lipinski definition) is 5. The van der Waals surface area contributed by atoms with Crippen LogP contribution < -0.4 is 5.32 Å². The Balaban J connectivity index is 1.44. The molecule has 0 atom stereocenters. The van der Waals surface area contributed by atoms with Crippen molar-refractivity contribution in [1.29, 1.82) is 0 Å². The van der Waals surface area contributed by atoms with Gasteiger partial charge in [0.05, 0.1) is 5.69 Å². The molecule has 1 N–H and O–H groups in total. The number of nitrogens with one attached hydrogen (secondary N) is 1. The second-order valence-corrected chi connectivity index (χ2v) is 6.33. The molecule has 0 radical (unpaired) electrons. The first-order chi connectivity index (χ1) is 14.1. The Morgan fingerprint density at radius 2 is 1.93 bits per heavy atom. The number of carbonyl (C=O) groups is 1. The standard InChI is InChI=1S/C21H18FN5O2/c1-2-19-24-20(26-29-19)14-7-9-16(10-8-14)27-12-11-18(25-27)21(28)23-13-15-5-3-4-6-17(15)22/h3-12H,2,13H2,1H3,(H,23,28). The van der Waals surface area contributed by atoms with Crippen molar-refractivity contribution >= 4 is 5.91 Å². The summed E-state index contributed by atoms with van der Waals surface area (Å²) >= 11 is 0. The van der Waals surface area contributed by atoms with E-state index in [4.69, 9.17) is 4.52 Å². The molecule has 2 aromatic heterocycles. The van der Waals surface area contributed by atoms with E-state index in [1.165, 1.54) is 6.07 Å². The number of carbonyl (C=O) groups excluding carboxylic acids is 1. The fourth-order valence-corrected chi connectivity index (χ4v) is 2.78. The summed E-state index contributed by atoms with van der Waals surface area (Å²) in [6, 6.07) is 15.3. The van der Waals surface area contributed by atoms with Crippen LogP contribution in [-0.4, -0.2) is 25.8 Å². The van der Waals surface area contributed by atoms with Gasteiger partial charge in [0.15, 0.2) is 5.69 Å². The lowest BCUT2D eigenvalue weighted by Gasteiger charge is -2.05. The average Bonchev–Trinajstić information content (AvgIpc) is 3.43. The van der Waals surface area contributed by atoms with Crippen LogP contribution in [0.25, 0.3) is 17.1 Å². The molecule has 0 bridgehead atoms. The third kappa shape index (κ3) is 4.06. The number of amides is 1. The van der Waals surface area contributed by atoms with Gasteiger partial charge in [-0.05, 0) is 36.4 Å². The van der Waals surface area contributed by atoms with Gasteiger partial charge in [0.2, 0.25) is 11.7 Å². The van der Waals surface area contributed by atoms with Gasteiger partial charge >= 0.3 is 0 Å². The number of halogens is 1. The molecule has 7 nitrogen and oxygen atoms in total. The van der Waals surface area contributed by atoms with Crippen LogP contribution in [0.15, 0.2) is 65.3 Å². The average molecular weight is 391 g/mol. The van der Waals surface area contributed by atoms with Gasteiger partial charge in [-0.15, -0.1) is 0 Å². The SMILES string of the molecule is CCc1nc(-c2ccc(-n3ccc(C(=O)NCc4ccccc4F)n3)cc2)no1. The van der Waals surface area contributed by atoms with E-state index in [1.54, 1.807) is 35.1 Å². The lowest BCUT2D eigenvalue weighted by Crippen LogP contribution is -2.24. The van der Waals surface area contributed by atoms with Crippen LogP contribution >= 0.6 is 0 Å². The number of hydrogen-bond donors (Lipinski definition) is 1. The Labute approximate surface area is 166 Å². The van der Waals surface area contributed by atoms with Crippen LogP contribution in [-0.2, 0) is 13.0 Å². The summed E-state index contributed by atoms with van der Waals surface area (Å²) in [6.45, 7) is 2.04. The van der Waals surface area contributed by atoms with Crippen molar-refractivity contribution in [3.63, 3.8) is 0 Å². The molecule has 2 heterocycles. The molecule has 8 heteroatoms. The highest BCUT2D eigenvalue weighted by Gasteiger charge is 2.12. The highest BCUT2D eigenvalue weighted by atomic mass is 19.1. The summed E-state index contributed by atoms with van der Waals surface area (Å²) in [5.74, 6) is 0.387. The normalized spacial score (nSPS) is 10.8.